The van der Waals surface area contributed by atoms with Crippen LogP contribution in [-0.2, 0) is 5.92 Å². The summed E-state index contributed by atoms with van der Waals surface area (Å²) in [6.07, 6.45) is 0. The molecule has 0 atom stereocenters. The molecule has 1 amide bonds. The molecule has 0 aromatic heterocycles. The van der Waals surface area contributed by atoms with Crippen molar-refractivity contribution >= 4 is 5.91 Å². The number of rotatable bonds is 4. The van der Waals surface area contributed by atoms with E-state index in [2.05, 4.69) is 0 Å². The van der Waals surface area contributed by atoms with Gasteiger partial charge in [-0.05, 0) is 48.5 Å². The van der Waals surface area contributed by atoms with Crippen LogP contribution in [0.4, 0.5) is 8.78 Å². The number of ether oxygens (including phenoxy) is 1. The maximum atomic E-state index is 13.1. The van der Waals surface area contributed by atoms with Gasteiger partial charge in [0.25, 0.3) is 11.8 Å². The third kappa shape index (κ3) is 3.81. The number of carbonyl (C=O) groups excluding carboxylic acids is 1. The molecular formula is C17H17F2NO2. The van der Waals surface area contributed by atoms with Crippen LogP contribution in [0.1, 0.15) is 22.8 Å². The Morgan fingerprint density at radius 2 is 1.41 bits per heavy atom. The van der Waals surface area contributed by atoms with Crippen LogP contribution in [0.5, 0.6) is 11.5 Å². The molecule has 0 aliphatic heterocycles. The van der Waals surface area contributed by atoms with Crippen molar-refractivity contribution in [3.8, 4) is 11.5 Å². The van der Waals surface area contributed by atoms with Gasteiger partial charge in [0.2, 0.25) is 0 Å². The minimum absolute atomic E-state index is 0.0632. The van der Waals surface area contributed by atoms with E-state index in [4.69, 9.17) is 4.74 Å². The highest BCUT2D eigenvalue weighted by atomic mass is 19.3. The second kappa shape index (κ2) is 6.13. The van der Waals surface area contributed by atoms with E-state index in [1.165, 1.54) is 29.2 Å². The monoisotopic (exact) mass is 305 g/mol. The van der Waals surface area contributed by atoms with E-state index in [1.807, 2.05) is 0 Å². The number of halogens is 2. The van der Waals surface area contributed by atoms with Crippen LogP contribution >= 0.6 is 0 Å². The Bertz CT molecular complexity index is 644. The van der Waals surface area contributed by atoms with E-state index in [0.29, 0.717) is 17.1 Å². The van der Waals surface area contributed by atoms with E-state index in [1.54, 1.807) is 38.4 Å². The van der Waals surface area contributed by atoms with Crippen molar-refractivity contribution in [2.45, 2.75) is 12.8 Å². The third-order valence-corrected chi connectivity index (χ3v) is 3.10. The number of amides is 1. The maximum absolute atomic E-state index is 13.1. The average Bonchev–Trinajstić information content (AvgIpc) is 2.47. The van der Waals surface area contributed by atoms with Crippen molar-refractivity contribution in [3.63, 3.8) is 0 Å². The average molecular weight is 305 g/mol. The summed E-state index contributed by atoms with van der Waals surface area (Å²) in [5.41, 5.74) is 0.491. The highest BCUT2D eigenvalue weighted by Crippen LogP contribution is 2.29. The molecule has 0 N–H and O–H groups in total. The van der Waals surface area contributed by atoms with Gasteiger partial charge in [-0.2, -0.15) is 0 Å². The predicted molar refractivity (Wildman–Crippen MR) is 80.5 cm³/mol. The zero-order chi connectivity index (χ0) is 16.3. The summed E-state index contributed by atoms with van der Waals surface area (Å²) in [5.74, 6) is -1.97. The molecule has 5 heteroatoms. The van der Waals surface area contributed by atoms with Crippen LogP contribution in [0.15, 0.2) is 48.5 Å². The predicted octanol–water partition coefficient (Wildman–Crippen LogP) is 4.29. The molecule has 3 nitrogen and oxygen atoms in total. The number of nitrogens with zero attached hydrogens (tertiary/aromatic N) is 1. The second-order valence-electron chi connectivity index (χ2n) is 5.24. The molecular weight excluding hydrogens is 288 g/mol. The summed E-state index contributed by atoms with van der Waals surface area (Å²) < 4.78 is 31.8. The highest BCUT2D eigenvalue weighted by molar-refractivity contribution is 5.93. The fraction of sp³-hybridized carbons (Fsp3) is 0.235. The van der Waals surface area contributed by atoms with Gasteiger partial charge >= 0.3 is 0 Å². The lowest BCUT2D eigenvalue weighted by Crippen LogP contribution is -2.21. The molecule has 0 unspecified atom stereocenters. The first-order chi connectivity index (χ1) is 10.3. The van der Waals surface area contributed by atoms with E-state index in [-0.39, 0.29) is 11.5 Å². The number of hydrogen-bond donors (Lipinski definition) is 0. The van der Waals surface area contributed by atoms with Crippen molar-refractivity contribution in [2.75, 3.05) is 14.1 Å². The lowest BCUT2D eigenvalue weighted by molar-refractivity contribution is 0.0174. The first-order valence-corrected chi connectivity index (χ1v) is 6.75. The van der Waals surface area contributed by atoms with Gasteiger partial charge in [0.1, 0.15) is 11.5 Å². The SMILES string of the molecule is CN(C)C(=O)c1ccc(Oc2ccc(C(C)(F)F)cc2)cc1. The maximum Gasteiger partial charge on any atom is 0.270 e. The van der Waals surface area contributed by atoms with Gasteiger partial charge in [0.15, 0.2) is 0 Å². The first-order valence-electron chi connectivity index (χ1n) is 6.75. The van der Waals surface area contributed by atoms with Gasteiger partial charge in [-0.25, -0.2) is 8.78 Å². The minimum atomic E-state index is -2.87. The molecule has 0 aliphatic carbocycles. The van der Waals surface area contributed by atoms with Gasteiger partial charge in [-0.1, -0.05) is 0 Å². The van der Waals surface area contributed by atoms with E-state index >= 15 is 0 Å². The normalized spacial score (nSPS) is 11.1. The summed E-state index contributed by atoms with van der Waals surface area (Å²) in [6, 6.07) is 12.3. The number of hydrogen-bond acceptors (Lipinski definition) is 2. The number of benzene rings is 2. The summed E-state index contributed by atoms with van der Waals surface area (Å²) >= 11 is 0. The summed E-state index contributed by atoms with van der Waals surface area (Å²) in [7, 11) is 3.36. The van der Waals surface area contributed by atoms with Gasteiger partial charge in [-0.15, -0.1) is 0 Å². The molecule has 0 bridgehead atoms. The molecule has 0 saturated carbocycles. The lowest BCUT2D eigenvalue weighted by atomic mass is 10.1. The van der Waals surface area contributed by atoms with Crippen LogP contribution < -0.4 is 4.74 Å². The van der Waals surface area contributed by atoms with Crippen LogP contribution in [0.2, 0.25) is 0 Å². The first kappa shape index (κ1) is 15.9. The van der Waals surface area contributed by atoms with Crippen LogP contribution in [0.25, 0.3) is 0 Å². The quantitative estimate of drug-likeness (QED) is 0.843. The zero-order valence-electron chi connectivity index (χ0n) is 12.6. The van der Waals surface area contributed by atoms with E-state index in [9.17, 15) is 13.6 Å². The standard InChI is InChI=1S/C17H17F2NO2/c1-17(18,19)13-6-10-15(11-7-13)22-14-8-4-12(5-9-14)16(21)20(2)3/h4-11H,1-3H3. The van der Waals surface area contributed by atoms with Crippen LogP contribution in [-0.4, -0.2) is 24.9 Å². The molecule has 0 fully saturated rings. The van der Waals surface area contributed by atoms with Crippen LogP contribution in [0.3, 0.4) is 0 Å². The molecule has 0 spiro atoms. The Morgan fingerprint density at radius 1 is 0.955 bits per heavy atom. The highest BCUT2D eigenvalue weighted by Gasteiger charge is 2.23. The van der Waals surface area contributed by atoms with Crippen LogP contribution in [0, 0.1) is 0 Å². The minimum Gasteiger partial charge on any atom is -0.457 e. The molecule has 2 aromatic carbocycles. The topological polar surface area (TPSA) is 29.5 Å². The molecule has 0 heterocycles. The molecule has 116 valence electrons. The van der Waals surface area contributed by atoms with Crippen molar-refractivity contribution in [2.24, 2.45) is 0 Å². The molecule has 0 saturated heterocycles. The third-order valence-electron chi connectivity index (χ3n) is 3.10. The fourth-order valence-electron chi connectivity index (χ4n) is 1.88. The van der Waals surface area contributed by atoms with E-state index in [0.717, 1.165) is 6.92 Å². The smallest absolute Gasteiger partial charge is 0.270 e. The lowest BCUT2D eigenvalue weighted by Gasteiger charge is -2.12. The number of carbonyl (C=O) groups is 1. The molecule has 0 radical (unpaired) electrons. The largest absolute Gasteiger partial charge is 0.457 e. The second-order valence-corrected chi connectivity index (χ2v) is 5.24. The Hall–Kier alpha value is -2.43. The van der Waals surface area contributed by atoms with Gasteiger partial charge in [0, 0.05) is 32.1 Å². The Kier molecular flexibility index (Phi) is 4.45. The molecule has 0 aliphatic rings. The fourth-order valence-corrected chi connectivity index (χ4v) is 1.88. The summed E-state index contributed by atoms with van der Waals surface area (Å²) in [4.78, 5) is 13.2. The molecule has 2 aromatic rings. The zero-order valence-corrected chi connectivity index (χ0v) is 12.6. The van der Waals surface area contributed by atoms with Crippen molar-refractivity contribution in [1.82, 2.24) is 4.90 Å². The van der Waals surface area contributed by atoms with Crippen molar-refractivity contribution in [3.05, 3.63) is 59.7 Å². The van der Waals surface area contributed by atoms with E-state index < -0.39 is 5.92 Å². The Morgan fingerprint density at radius 3 is 1.82 bits per heavy atom. The Balaban J connectivity index is 2.09. The molecule has 22 heavy (non-hydrogen) atoms. The summed E-state index contributed by atoms with van der Waals surface area (Å²) in [5, 5.41) is 0. The Labute approximate surface area is 128 Å². The van der Waals surface area contributed by atoms with Gasteiger partial charge < -0.3 is 9.64 Å². The summed E-state index contributed by atoms with van der Waals surface area (Å²) in [6.45, 7) is 0.851. The molecule has 2 rings (SSSR count). The van der Waals surface area contributed by atoms with Gasteiger partial charge in [-0.3, -0.25) is 4.79 Å². The van der Waals surface area contributed by atoms with Gasteiger partial charge in [0.05, 0.1) is 0 Å². The van der Waals surface area contributed by atoms with Crippen molar-refractivity contribution in [1.29, 1.82) is 0 Å². The van der Waals surface area contributed by atoms with Crippen molar-refractivity contribution < 1.29 is 18.3 Å². The number of alkyl halides is 2.